The van der Waals surface area contributed by atoms with Gasteiger partial charge in [0.25, 0.3) is 0 Å². The van der Waals surface area contributed by atoms with Gasteiger partial charge in [0, 0.05) is 17.8 Å². The first-order chi connectivity index (χ1) is 13.2. The fourth-order valence-electron chi connectivity index (χ4n) is 3.65. The topological polar surface area (TPSA) is 46.9 Å². The number of rotatable bonds is 6. The van der Waals surface area contributed by atoms with Crippen LogP contribution in [-0.2, 0) is 16.6 Å². The molecule has 1 aromatic heterocycles. The summed E-state index contributed by atoms with van der Waals surface area (Å²) < 4.78 is 1.86. The third-order valence-electron chi connectivity index (χ3n) is 5.39. The van der Waals surface area contributed by atoms with Gasteiger partial charge in [0.2, 0.25) is 5.91 Å². The van der Waals surface area contributed by atoms with Crippen LogP contribution >= 0.6 is 11.6 Å². The number of amides is 1. The zero-order valence-electron chi connectivity index (χ0n) is 15.1. The fourth-order valence-corrected chi connectivity index (χ4v) is 3.77. The number of nitrogens with one attached hydrogen (secondary N) is 1. The summed E-state index contributed by atoms with van der Waals surface area (Å²) in [6.07, 6.45) is 7.51. The first-order valence-electron chi connectivity index (χ1n) is 9.31. The van der Waals surface area contributed by atoms with E-state index in [1.807, 2.05) is 71.7 Å². The number of nitrogens with zero attached hydrogens (tertiary/aromatic N) is 2. The Labute approximate surface area is 164 Å². The van der Waals surface area contributed by atoms with Gasteiger partial charge in [-0.1, -0.05) is 48.4 Å². The smallest absolute Gasteiger partial charge is 0.230 e. The van der Waals surface area contributed by atoms with E-state index in [4.69, 9.17) is 11.6 Å². The molecule has 138 valence electrons. The summed E-state index contributed by atoms with van der Waals surface area (Å²) >= 11 is 5.99. The molecule has 0 saturated heterocycles. The highest BCUT2D eigenvalue weighted by Gasteiger charge is 2.45. The number of hydrogen-bond donors (Lipinski definition) is 1. The van der Waals surface area contributed by atoms with Crippen molar-refractivity contribution in [2.75, 3.05) is 6.54 Å². The van der Waals surface area contributed by atoms with Crippen molar-refractivity contribution in [1.82, 2.24) is 15.1 Å². The van der Waals surface area contributed by atoms with Gasteiger partial charge in [-0.3, -0.25) is 4.79 Å². The molecule has 0 spiro atoms. The quantitative estimate of drug-likeness (QED) is 0.693. The van der Waals surface area contributed by atoms with Crippen LogP contribution in [0, 0.1) is 0 Å². The van der Waals surface area contributed by atoms with E-state index in [1.165, 1.54) is 0 Å². The second-order valence-electron chi connectivity index (χ2n) is 7.08. The monoisotopic (exact) mass is 379 g/mol. The molecule has 1 aliphatic rings. The number of hydrogen-bond acceptors (Lipinski definition) is 2. The lowest BCUT2D eigenvalue weighted by Crippen LogP contribution is -2.49. The van der Waals surface area contributed by atoms with Gasteiger partial charge in [0.1, 0.15) is 0 Å². The third kappa shape index (κ3) is 3.62. The van der Waals surface area contributed by atoms with Crippen LogP contribution in [0.5, 0.6) is 0 Å². The van der Waals surface area contributed by atoms with Crippen LogP contribution in [0.15, 0.2) is 67.0 Å². The number of carbonyl (C=O) groups is 1. The van der Waals surface area contributed by atoms with Crippen molar-refractivity contribution < 1.29 is 4.79 Å². The molecule has 0 aliphatic heterocycles. The maximum Gasteiger partial charge on any atom is 0.230 e. The van der Waals surface area contributed by atoms with Crippen LogP contribution in [0.25, 0.3) is 5.69 Å². The molecule has 4 rings (SSSR count). The second kappa shape index (κ2) is 7.57. The predicted molar refractivity (Wildman–Crippen MR) is 107 cm³/mol. The molecule has 0 atom stereocenters. The Morgan fingerprint density at radius 2 is 1.85 bits per heavy atom. The summed E-state index contributed by atoms with van der Waals surface area (Å²) in [6.45, 7) is 0.606. The normalized spacial score (nSPS) is 15.1. The Bertz CT molecular complexity index is 914. The van der Waals surface area contributed by atoms with Crippen molar-refractivity contribution in [3.63, 3.8) is 0 Å². The van der Waals surface area contributed by atoms with Crippen LogP contribution in [0.4, 0.5) is 0 Å². The Kier molecular flexibility index (Phi) is 4.99. The Morgan fingerprint density at radius 3 is 2.52 bits per heavy atom. The zero-order valence-corrected chi connectivity index (χ0v) is 15.8. The highest BCUT2D eigenvalue weighted by atomic mass is 35.5. The highest BCUT2D eigenvalue weighted by molar-refractivity contribution is 6.30. The molecule has 4 nitrogen and oxygen atoms in total. The van der Waals surface area contributed by atoms with E-state index in [0.29, 0.717) is 11.6 Å². The van der Waals surface area contributed by atoms with Gasteiger partial charge < -0.3 is 5.32 Å². The maximum atomic E-state index is 12.9. The molecular formula is C22H22ClN3O. The van der Waals surface area contributed by atoms with E-state index in [-0.39, 0.29) is 5.91 Å². The highest BCUT2D eigenvalue weighted by Crippen LogP contribution is 2.44. The Balaban J connectivity index is 1.37. The molecular weight excluding hydrogens is 358 g/mol. The number of para-hydroxylation sites is 1. The van der Waals surface area contributed by atoms with Gasteiger partial charge >= 0.3 is 0 Å². The minimum absolute atomic E-state index is 0.117. The van der Waals surface area contributed by atoms with E-state index >= 15 is 0 Å². The first-order valence-corrected chi connectivity index (χ1v) is 9.68. The summed E-state index contributed by atoms with van der Waals surface area (Å²) in [5, 5.41) is 8.23. The van der Waals surface area contributed by atoms with Crippen molar-refractivity contribution in [2.45, 2.75) is 31.1 Å². The van der Waals surface area contributed by atoms with E-state index < -0.39 is 5.41 Å². The molecule has 3 aromatic rings. The van der Waals surface area contributed by atoms with E-state index in [2.05, 4.69) is 10.4 Å². The average Bonchev–Trinajstić information content (AvgIpc) is 3.12. The lowest BCUT2D eigenvalue weighted by molar-refractivity contribution is -0.129. The third-order valence-corrected chi connectivity index (χ3v) is 5.65. The predicted octanol–water partition coefficient (Wildman–Crippen LogP) is 4.31. The molecule has 1 saturated carbocycles. The van der Waals surface area contributed by atoms with Crippen LogP contribution in [0.2, 0.25) is 5.02 Å². The van der Waals surface area contributed by atoms with Crippen molar-refractivity contribution in [3.05, 3.63) is 83.1 Å². The lowest BCUT2D eigenvalue weighted by atomic mass is 9.64. The molecule has 0 bridgehead atoms. The fraction of sp³-hybridized carbons (Fsp3) is 0.273. The molecule has 1 N–H and O–H groups in total. The summed E-state index contributed by atoms with van der Waals surface area (Å²) in [4.78, 5) is 12.9. The standard InChI is InChI=1S/C22H22ClN3O/c23-19-9-7-18(8-10-19)22(12-4-13-22)21(27)24-14-11-17-15-25-26(16-17)20-5-2-1-3-6-20/h1-3,5-10,15-16H,4,11-14H2,(H,24,27). The van der Waals surface area contributed by atoms with Crippen molar-refractivity contribution in [3.8, 4) is 5.69 Å². The lowest BCUT2D eigenvalue weighted by Gasteiger charge is -2.40. The molecule has 0 unspecified atom stereocenters. The SMILES string of the molecule is O=C(NCCc1cnn(-c2ccccc2)c1)C1(c2ccc(Cl)cc2)CCC1. The van der Waals surface area contributed by atoms with Crippen LogP contribution < -0.4 is 5.32 Å². The molecule has 5 heteroatoms. The van der Waals surface area contributed by atoms with Gasteiger partial charge in [-0.25, -0.2) is 4.68 Å². The van der Waals surface area contributed by atoms with Gasteiger partial charge in [-0.05, 0) is 54.7 Å². The molecule has 0 radical (unpaired) electrons. The molecule has 1 aliphatic carbocycles. The van der Waals surface area contributed by atoms with Gasteiger partial charge in [0.15, 0.2) is 0 Å². The summed E-state index contributed by atoms with van der Waals surface area (Å²) in [5.41, 5.74) is 2.81. The zero-order chi connectivity index (χ0) is 18.7. The van der Waals surface area contributed by atoms with E-state index in [9.17, 15) is 4.79 Å². The summed E-state index contributed by atoms with van der Waals surface area (Å²) in [7, 11) is 0. The molecule has 1 heterocycles. The minimum Gasteiger partial charge on any atom is -0.355 e. The van der Waals surface area contributed by atoms with Crippen molar-refractivity contribution >= 4 is 17.5 Å². The number of benzene rings is 2. The van der Waals surface area contributed by atoms with Crippen LogP contribution in [0.1, 0.15) is 30.4 Å². The van der Waals surface area contributed by atoms with Gasteiger partial charge in [-0.2, -0.15) is 5.10 Å². The van der Waals surface area contributed by atoms with Crippen LogP contribution in [-0.4, -0.2) is 22.2 Å². The second-order valence-corrected chi connectivity index (χ2v) is 7.51. The maximum absolute atomic E-state index is 12.9. The van der Waals surface area contributed by atoms with E-state index in [1.54, 1.807) is 0 Å². The number of carbonyl (C=O) groups excluding carboxylic acids is 1. The average molecular weight is 380 g/mol. The Morgan fingerprint density at radius 1 is 1.11 bits per heavy atom. The van der Waals surface area contributed by atoms with Gasteiger partial charge in [-0.15, -0.1) is 0 Å². The van der Waals surface area contributed by atoms with Crippen molar-refractivity contribution in [1.29, 1.82) is 0 Å². The molecule has 2 aromatic carbocycles. The summed E-state index contributed by atoms with van der Waals surface area (Å²) in [5.74, 6) is 0.117. The van der Waals surface area contributed by atoms with Gasteiger partial charge in [0.05, 0.1) is 17.3 Å². The molecule has 27 heavy (non-hydrogen) atoms. The van der Waals surface area contributed by atoms with Crippen LogP contribution in [0.3, 0.4) is 0 Å². The number of halogens is 1. The largest absolute Gasteiger partial charge is 0.355 e. The first kappa shape index (κ1) is 17.8. The molecule has 1 fully saturated rings. The van der Waals surface area contributed by atoms with Crippen molar-refractivity contribution in [2.24, 2.45) is 0 Å². The molecule has 1 amide bonds. The minimum atomic E-state index is -0.390. The summed E-state index contributed by atoms with van der Waals surface area (Å²) in [6, 6.07) is 17.7. The van der Waals surface area contributed by atoms with E-state index in [0.717, 1.165) is 42.5 Å². The Hall–Kier alpha value is -2.59. The number of aromatic nitrogens is 2.